The van der Waals surface area contributed by atoms with Crippen molar-refractivity contribution < 1.29 is 14.4 Å². The quantitative estimate of drug-likeness (QED) is 0.666. The molecule has 7 nitrogen and oxygen atoms in total. The number of amides is 3. The molecule has 7 heteroatoms. The SMILES string of the molecule is CCN(CC)C(=O)c1ccc(NC(=O)CN(C)Cc2ccc(C(=O)NC)cc2)cc1. The predicted octanol–water partition coefficient (Wildman–Crippen LogP) is 2.60. The second-order valence-corrected chi connectivity index (χ2v) is 7.05. The molecule has 0 bridgehead atoms. The molecule has 0 atom stereocenters. The maximum absolute atomic E-state index is 12.3. The summed E-state index contributed by atoms with van der Waals surface area (Å²) in [5, 5.41) is 5.44. The first kappa shape index (κ1) is 23.1. The van der Waals surface area contributed by atoms with Gasteiger partial charge in [0.15, 0.2) is 0 Å². The number of carbonyl (C=O) groups is 3. The molecule has 0 aliphatic heterocycles. The Hall–Kier alpha value is -3.19. The Morgan fingerprint density at radius 2 is 1.43 bits per heavy atom. The smallest absolute Gasteiger partial charge is 0.253 e. The summed E-state index contributed by atoms with van der Waals surface area (Å²) in [5.41, 5.74) is 2.87. The Morgan fingerprint density at radius 1 is 0.867 bits per heavy atom. The molecular formula is C23H30N4O3. The highest BCUT2D eigenvalue weighted by molar-refractivity contribution is 5.96. The Morgan fingerprint density at radius 3 is 1.97 bits per heavy atom. The molecule has 2 rings (SSSR count). The first-order valence-electron chi connectivity index (χ1n) is 10.1. The molecule has 0 saturated carbocycles. The van der Waals surface area contributed by atoms with Crippen LogP contribution < -0.4 is 10.6 Å². The number of anilines is 1. The van der Waals surface area contributed by atoms with E-state index in [-0.39, 0.29) is 24.3 Å². The molecule has 160 valence electrons. The third-order valence-corrected chi connectivity index (χ3v) is 4.78. The zero-order chi connectivity index (χ0) is 22.1. The van der Waals surface area contributed by atoms with Gasteiger partial charge < -0.3 is 15.5 Å². The van der Waals surface area contributed by atoms with Crippen LogP contribution in [-0.2, 0) is 11.3 Å². The lowest BCUT2D eigenvalue weighted by molar-refractivity contribution is -0.117. The molecule has 2 aromatic rings. The van der Waals surface area contributed by atoms with Gasteiger partial charge in [-0.15, -0.1) is 0 Å². The van der Waals surface area contributed by atoms with Gasteiger partial charge in [0.2, 0.25) is 5.91 Å². The Labute approximate surface area is 178 Å². The van der Waals surface area contributed by atoms with Crippen molar-refractivity contribution in [1.82, 2.24) is 15.1 Å². The van der Waals surface area contributed by atoms with Crippen molar-refractivity contribution in [1.29, 1.82) is 0 Å². The van der Waals surface area contributed by atoms with Crippen LogP contribution in [0, 0.1) is 0 Å². The zero-order valence-corrected chi connectivity index (χ0v) is 18.1. The van der Waals surface area contributed by atoms with Crippen molar-refractivity contribution in [3.8, 4) is 0 Å². The molecule has 30 heavy (non-hydrogen) atoms. The van der Waals surface area contributed by atoms with Crippen molar-refractivity contribution in [2.75, 3.05) is 39.0 Å². The summed E-state index contributed by atoms with van der Waals surface area (Å²) < 4.78 is 0. The lowest BCUT2D eigenvalue weighted by Crippen LogP contribution is -2.30. The summed E-state index contributed by atoms with van der Waals surface area (Å²) in [6.07, 6.45) is 0. The molecule has 0 unspecified atom stereocenters. The normalized spacial score (nSPS) is 10.6. The van der Waals surface area contributed by atoms with Crippen LogP contribution in [0.2, 0.25) is 0 Å². The van der Waals surface area contributed by atoms with E-state index in [1.54, 1.807) is 48.3 Å². The largest absolute Gasteiger partial charge is 0.355 e. The van der Waals surface area contributed by atoms with Gasteiger partial charge in [-0.3, -0.25) is 19.3 Å². The van der Waals surface area contributed by atoms with E-state index in [9.17, 15) is 14.4 Å². The number of hydrogen-bond donors (Lipinski definition) is 2. The topological polar surface area (TPSA) is 81.8 Å². The molecule has 2 N–H and O–H groups in total. The monoisotopic (exact) mass is 410 g/mol. The number of rotatable bonds is 9. The van der Waals surface area contributed by atoms with Gasteiger partial charge in [-0.05, 0) is 62.9 Å². The Kier molecular flexibility index (Phi) is 8.55. The fourth-order valence-corrected chi connectivity index (χ4v) is 3.11. The van der Waals surface area contributed by atoms with Crippen molar-refractivity contribution >= 4 is 23.4 Å². The molecular weight excluding hydrogens is 380 g/mol. The molecule has 0 spiro atoms. The van der Waals surface area contributed by atoms with Crippen LogP contribution in [0.5, 0.6) is 0 Å². The first-order valence-corrected chi connectivity index (χ1v) is 10.1. The molecule has 0 aliphatic rings. The number of nitrogens with one attached hydrogen (secondary N) is 2. The van der Waals surface area contributed by atoms with Crippen LogP contribution in [0.4, 0.5) is 5.69 Å². The van der Waals surface area contributed by atoms with Crippen molar-refractivity contribution in [2.24, 2.45) is 0 Å². The van der Waals surface area contributed by atoms with Crippen molar-refractivity contribution in [2.45, 2.75) is 20.4 Å². The average molecular weight is 411 g/mol. The summed E-state index contributed by atoms with van der Waals surface area (Å²) in [6.45, 7) is 6.02. The first-order chi connectivity index (χ1) is 14.4. The average Bonchev–Trinajstić information content (AvgIpc) is 2.74. The fourth-order valence-electron chi connectivity index (χ4n) is 3.11. The maximum Gasteiger partial charge on any atom is 0.253 e. The van der Waals surface area contributed by atoms with Crippen LogP contribution in [-0.4, -0.2) is 61.3 Å². The highest BCUT2D eigenvalue weighted by atomic mass is 16.2. The summed E-state index contributed by atoms with van der Waals surface area (Å²) in [5.74, 6) is -0.276. The number of nitrogens with zero attached hydrogens (tertiary/aromatic N) is 2. The lowest BCUT2D eigenvalue weighted by atomic mass is 10.1. The highest BCUT2D eigenvalue weighted by Crippen LogP contribution is 2.12. The van der Waals surface area contributed by atoms with Crippen LogP contribution in [0.25, 0.3) is 0 Å². The Balaban J connectivity index is 1.87. The minimum Gasteiger partial charge on any atom is -0.355 e. The van der Waals surface area contributed by atoms with E-state index in [0.717, 1.165) is 5.56 Å². The molecule has 0 saturated heterocycles. The molecule has 0 radical (unpaired) electrons. The number of hydrogen-bond acceptors (Lipinski definition) is 4. The van der Waals surface area contributed by atoms with Crippen molar-refractivity contribution in [3.63, 3.8) is 0 Å². The number of likely N-dealkylation sites (N-methyl/N-ethyl adjacent to an activating group) is 1. The van der Waals surface area contributed by atoms with Crippen molar-refractivity contribution in [3.05, 3.63) is 65.2 Å². The van der Waals surface area contributed by atoms with E-state index in [2.05, 4.69) is 10.6 Å². The highest BCUT2D eigenvalue weighted by Gasteiger charge is 2.13. The van der Waals surface area contributed by atoms with Gasteiger partial charge >= 0.3 is 0 Å². The van der Waals surface area contributed by atoms with Gasteiger partial charge in [-0.25, -0.2) is 0 Å². The minimum absolute atomic E-state index is 0.0138. The molecule has 0 fully saturated rings. The van der Waals surface area contributed by atoms with Crippen LogP contribution >= 0.6 is 0 Å². The summed E-state index contributed by atoms with van der Waals surface area (Å²) in [4.78, 5) is 39.9. The number of carbonyl (C=O) groups excluding carboxylic acids is 3. The Bertz CT molecular complexity index is 859. The molecule has 0 aromatic heterocycles. The molecule has 2 aromatic carbocycles. The second kappa shape index (κ2) is 11.1. The summed E-state index contributed by atoms with van der Waals surface area (Å²) >= 11 is 0. The van der Waals surface area contributed by atoms with E-state index >= 15 is 0 Å². The third-order valence-electron chi connectivity index (χ3n) is 4.78. The molecule has 3 amide bonds. The summed E-state index contributed by atoms with van der Waals surface area (Å²) in [7, 11) is 3.46. The van der Waals surface area contributed by atoms with Crippen LogP contribution in [0.15, 0.2) is 48.5 Å². The van der Waals surface area contributed by atoms with Gasteiger partial charge in [0.1, 0.15) is 0 Å². The van der Waals surface area contributed by atoms with E-state index in [1.807, 2.05) is 37.9 Å². The number of benzene rings is 2. The van der Waals surface area contributed by atoms with E-state index in [0.29, 0.717) is 36.4 Å². The van der Waals surface area contributed by atoms with Crippen LogP contribution in [0.3, 0.4) is 0 Å². The van der Waals surface area contributed by atoms with Crippen LogP contribution in [0.1, 0.15) is 40.1 Å². The minimum atomic E-state index is -0.137. The molecule has 0 heterocycles. The fraction of sp³-hybridized carbons (Fsp3) is 0.348. The van der Waals surface area contributed by atoms with Gasteiger partial charge in [-0.2, -0.15) is 0 Å². The zero-order valence-electron chi connectivity index (χ0n) is 18.1. The van der Waals surface area contributed by atoms with E-state index in [1.165, 1.54) is 0 Å². The van der Waals surface area contributed by atoms with Gasteiger partial charge in [-0.1, -0.05) is 12.1 Å². The maximum atomic E-state index is 12.3. The van der Waals surface area contributed by atoms with Gasteiger partial charge in [0, 0.05) is 43.5 Å². The van der Waals surface area contributed by atoms with Gasteiger partial charge in [0.05, 0.1) is 6.54 Å². The predicted molar refractivity (Wildman–Crippen MR) is 118 cm³/mol. The standard InChI is InChI=1S/C23H30N4O3/c1-5-27(6-2)23(30)19-11-13-20(14-12-19)25-21(28)16-26(4)15-17-7-9-18(10-8-17)22(29)24-3/h7-14H,5-6,15-16H2,1-4H3,(H,24,29)(H,25,28). The molecule has 0 aliphatic carbocycles. The third kappa shape index (κ3) is 6.42. The lowest BCUT2D eigenvalue weighted by Gasteiger charge is -2.19. The van der Waals surface area contributed by atoms with Gasteiger partial charge in [0.25, 0.3) is 11.8 Å². The summed E-state index contributed by atoms with van der Waals surface area (Å²) in [6, 6.07) is 14.2. The van der Waals surface area contributed by atoms with E-state index in [4.69, 9.17) is 0 Å². The second-order valence-electron chi connectivity index (χ2n) is 7.05. The van der Waals surface area contributed by atoms with E-state index < -0.39 is 0 Å².